The molecule has 0 radical (unpaired) electrons. The summed E-state index contributed by atoms with van der Waals surface area (Å²) >= 11 is 0. The van der Waals surface area contributed by atoms with Crippen LogP contribution in [0.5, 0.6) is 0 Å². The Morgan fingerprint density at radius 3 is 2.82 bits per heavy atom. The minimum absolute atomic E-state index is 0.0263. The van der Waals surface area contributed by atoms with Crippen LogP contribution in [0.15, 0.2) is 6.07 Å². The number of fused-ring (bicyclic) bond motifs is 2. The van der Waals surface area contributed by atoms with Crippen molar-refractivity contribution in [1.29, 1.82) is 0 Å². The summed E-state index contributed by atoms with van der Waals surface area (Å²) < 4.78 is 35.8. The topological polar surface area (TPSA) is 90.1 Å². The number of hydrogen-bond donors (Lipinski definition) is 2. The van der Waals surface area contributed by atoms with E-state index in [0.717, 1.165) is 30.5 Å². The van der Waals surface area contributed by atoms with Crippen molar-refractivity contribution in [3.63, 3.8) is 0 Å². The first-order valence-corrected chi connectivity index (χ1v) is 12.0. The summed E-state index contributed by atoms with van der Waals surface area (Å²) in [4.78, 5) is 24.0. The number of rotatable bonds is 5. The number of carbonyl (C=O) groups excluding carboxylic acids is 1. The van der Waals surface area contributed by atoms with Crippen molar-refractivity contribution >= 4 is 22.6 Å². The normalized spacial score (nSPS) is 19.9. The number of amides is 1. The number of aryl methyl sites for hydroxylation is 1. The van der Waals surface area contributed by atoms with Gasteiger partial charge in [0.25, 0.3) is 0 Å². The highest BCUT2D eigenvalue weighted by Crippen LogP contribution is 2.34. The van der Waals surface area contributed by atoms with Crippen molar-refractivity contribution in [3.8, 4) is 11.5 Å². The van der Waals surface area contributed by atoms with Gasteiger partial charge in [-0.05, 0) is 45.1 Å². The Morgan fingerprint density at radius 1 is 1.32 bits per heavy atom. The number of anilines is 1. The van der Waals surface area contributed by atoms with E-state index in [2.05, 4.69) is 27.1 Å². The van der Waals surface area contributed by atoms with E-state index in [1.165, 1.54) is 11.0 Å². The smallest absolute Gasteiger partial charge is 0.244 e. The zero-order valence-electron chi connectivity index (χ0n) is 19.8. The van der Waals surface area contributed by atoms with Gasteiger partial charge in [-0.1, -0.05) is 6.92 Å². The zero-order chi connectivity index (χ0) is 24.0. The number of aromatic nitrogens is 4. The van der Waals surface area contributed by atoms with Gasteiger partial charge in [-0.15, -0.1) is 0 Å². The molecule has 3 aromatic rings. The van der Waals surface area contributed by atoms with Crippen LogP contribution < -0.4 is 4.90 Å². The molecule has 1 aliphatic heterocycles. The van der Waals surface area contributed by atoms with Gasteiger partial charge in [-0.3, -0.25) is 14.8 Å². The predicted octanol–water partition coefficient (Wildman–Crippen LogP) is 3.43. The maximum Gasteiger partial charge on any atom is 0.244 e. The highest BCUT2D eigenvalue weighted by Gasteiger charge is 2.31. The summed E-state index contributed by atoms with van der Waals surface area (Å²) in [5, 5.41) is 7.48. The quantitative estimate of drug-likeness (QED) is 0.594. The molecular weight excluding hydrogens is 442 g/mol. The van der Waals surface area contributed by atoms with Crippen LogP contribution in [0.4, 0.5) is 14.5 Å². The monoisotopic (exact) mass is 472 g/mol. The third-order valence-electron chi connectivity index (χ3n) is 7.08. The third kappa shape index (κ3) is 3.88. The molecule has 3 heterocycles. The molecule has 2 aromatic heterocycles. The SMILES string of the molecule is CCN(C(=O)C(C)N1CCOCC1)c1cc2nc(-c3n[nH]c4c3CC(C)CC4)[nH]c2c(F)c1F. The van der Waals surface area contributed by atoms with Crippen molar-refractivity contribution in [2.24, 2.45) is 5.92 Å². The molecule has 0 bridgehead atoms. The average Bonchev–Trinajstić information content (AvgIpc) is 3.46. The molecule has 8 nitrogen and oxygen atoms in total. The molecule has 2 unspecified atom stereocenters. The van der Waals surface area contributed by atoms with E-state index in [9.17, 15) is 4.79 Å². The van der Waals surface area contributed by atoms with Crippen LogP contribution in [-0.2, 0) is 22.4 Å². The molecule has 1 aliphatic carbocycles. The van der Waals surface area contributed by atoms with E-state index in [4.69, 9.17) is 4.74 Å². The Morgan fingerprint density at radius 2 is 2.09 bits per heavy atom. The number of H-pyrrole nitrogens is 2. The lowest BCUT2D eigenvalue weighted by Gasteiger charge is -2.34. The highest BCUT2D eigenvalue weighted by molar-refractivity contribution is 5.99. The molecule has 1 amide bonds. The van der Waals surface area contributed by atoms with Gasteiger partial charge < -0.3 is 14.6 Å². The minimum Gasteiger partial charge on any atom is -0.379 e. The maximum atomic E-state index is 15.2. The lowest BCUT2D eigenvalue weighted by molar-refractivity contribution is -0.124. The van der Waals surface area contributed by atoms with E-state index in [1.54, 1.807) is 13.8 Å². The second kappa shape index (κ2) is 9.07. The fourth-order valence-corrected chi connectivity index (χ4v) is 5.04. The Hall–Kier alpha value is -2.85. The largest absolute Gasteiger partial charge is 0.379 e. The van der Waals surface area contributed by atoms with E-state index in [0.29, 0.717) is 43.7 Å². The number of likely N-dealkylation sites (N-methyl/N-ethyl adjacent to an activating group) is 1. The van der Waals surface area contributed by atoms with Gasteiger partial charge in [0.2, 0.25) is 5.91 Å². The van der Waals surface area contributed by atoms with Crippen LogP contribution in [0.2, 0.25) is 0 Å². The van der Waals surface area contributed by atoms with Gasteiger partial charge >= 0.3 is 0 Å². The van der Waals surface area contributed by atoms with E-state index < -0.39 is 17.7 Å². The number of hydrogen-bond acceptors (Lipinski definition) is 5. The zero-order valence-corrected chi connectivity index (χ0v) is 19.8. The second-order valence-corrected chi connectivity index (χ2v) is 9.29. The number of nitrogens with one attached hydrogen (secondary N) is 2. The van der Waals surface area contributed by atoms with Crippen LogP contribution in [-0.4, -0.2) is 69.9 Å². The van der Waals surface area contributed by atoms with Gasteiger partial charge in [0, 0.05) is 30.9 Å². The van der Waals surface area contributed by atoms with Crippen molar-refractivity contribution in [3.05, 3.63) is 29.0 Å². The fraction of sp³-hybridized carbons (Fsp3) is 0.542. The van der Waals surface area contributed by atoms with Crippen molar-refractivity contribution in [1.82, 2.24) is 25.1 Å². The standard InChI is InChI=1S/C24H30F2N6O2/c1-4-32(24(33)14(3)31-7-9-34-10-8-31)18-12-17-22(20(26)19(18)25)28-23(27-17)21-15-11-13(2)5-6-16(15)29-30-21/h12-14H,4-11H2,1-3H3,(H,27,28)(H,29,30). The summed E-state index contributed by atoms with van der Waals surface area (Å²) in [5.41, 5.74) is 2.91. The lowest BCUT2D eigenvalue weighted by atomic mass is 9.88. The van der Waals surface area contributed by atoms with Gasteiger partial charge in [0.15, 0.2) is 17.5 Å². The van der Waals surface area contributed by atoms with Crippen LogP contribution in [0.25, 0.3) is 22.6 Å². The summed E-state index contributed by atoms with van der Waals surface area (Å²) in [6.07, 6.45) is 2.85. The first kappa shape index (κ1) is 22.9. The molecule has 2 aliphatic rings. The van der Waals surface area contributed by atoms with Gasteiger partial charge in [-0.2, -0.15) is 5.10 Å². The molecule has 1 saturated heterocycles. The fourth-order valence-electron chi connectivity index (χ4n) is 5.04. The molecule has 2 atom stereocenters. The predicted molar refractivity (Wildman–Crippen MR) is 125 cm³/mol. The van der Waals surface area contributed by atoms with E-state index in [-0.39, 0.29) is 29.2 Å². The number of aromatic amines is 2. The number of nitrogens with zero attached hydrogens (tertiary/aromatic N) is 4. The minimum atomic E-state index is -1.07. The summed E-state index contributed by atoms with van der Waals surface area (Å²) in [6, 6.07) is 0.970. The Balaban J connectivity index is 1.51. The number of morpholine rings is 1. The summed E-state index contributed by atoms with van der Waals surface area (Å²) in [6.45, 7) is 8.27. The molecule has 10 heteroatoms. The Labute approximate surface area is 196 Å². The number of imidazole rings is 1. The lowest BCUT2D eigenvalue weighted by Crippen LogP contribution is -2.51. The van der Waals surface area contributed by atoms with Crippen molar-refractivity contribution < 1.29 is 18.3 Å². The number of benzene rings is 1. The first-order chi connectivity index (χ1) is 16.4. The molecule has 0 spiro atoms. The van der Waals surface area contributed by atoms with Crippen LogP contribution in [0.3, 0.4) is 0 Å². The number of halogens is 2. The van der Waals surface area contributed by atoms with Gasteiger partial charge in [0.05, 0.1) is 30.5 Å². The number of ether oxygens (including phenoxy) is 1. The first-order valence-electron chi connectivity index (χ1n) is 12.0. The summed E-state index contributed by atoms with van der Waals surface area (Å²) in [5.74, 6) is -1.48. The Kier molecular flexibility index (Phi) is 6.11. The van der Waals surface area contributed by atoms with Crippen molar-refractivity contribution in [2.45, 2.75) is 46.1 Å². The molecule has 1 aromatic carbocycles. The molecule has 2 N–H and O–H groups in total. The van der Waals surface area contributed by atoms with E-state index in [1.807, 2.05) is 4.90 Å². The molecule has 1 fully saturated rings. The molecule has 34 heavy (non-hydrogen) atoms. The van der Waals surface area contributed by atoms with Crippen LogP contribution >= 0.6 is 0 Å². The molecular formula is C24H30F2N6O2. The van der Waals surface area contributed by atoms with Crippen LogP contribution in [0.1, 0.15) is 38.4 Å². The summed E-state index contributed by atoms with van der Waals surface area (Å²) in [7, 11) is 0. The van der Waals surface area contributed by atoms with Gasteiger partial charge in [-0.25, -0.2) is 13.8 Å². The molecule has 5 rings (SSSR count). The highest BCUT2D eigenvalue weighted by atomic mass is 19.2. The third-order valence-corrected chi connectivity index (χ3v) is 7.08. The average molecular weight is 473 g/mol. The Bertz CT molecular complexity index is 1220. The number of carbonyl (C=O) groups is 1. The molecule has 182 valence electrons. The molecule has 0 saturated carbocycles. The van der Waals surface area contributed by atoms with E-state index >= 15 is 8.78 Å². The van der Waals surface area contributed by atoms with Crippen LogP contribution in [0, 0.1) is 17.6 Å². The second-order valence-electron chi connectivity index (χ2n) is 9.29. The maximum absolute atomic E-state index is 15.2. The van der Waals surface area contributed by atoms with Gasteiger partial charge in [0.1, 0.15) is 11.2 Å². The van der Waals surface area contributed by atoms with Crippen molar-refractivity contribution in [2.75, 3.05) is 37.7 Å².